The van der Waals surface area contributed by atoms with Crippen molar-refractivity contribution in [3.8, 4) is 55.6 Å². The molecule has 0 amide bonds. The molecule has 2 heterocycles. The fourth-order valence-corrected chi connectivity index (χ4v) is 9.92. The predicted molar refractivity (Wildman–Crippen MR) is 280 cm³/mol. The molecule has 0 atom stereocenters. The highest BCUT2D eigenvalue weighted by Gasteiger charge is 2.18. The van der Waals surface area contributed by atoms with E-state index in [0.29, 0.717) is 0 Å². The zero-order chi connectivity index (χ0) is 44.3. The molecule has 0 N–H and O–H groups in total. The van der Waals surface area contributed by atoms with E-state index in [1.54, 1.807) is 0 Å². The van der Waals surface area contributed by atoms with Gasteiger partial charge in [0.05, 0.1) is 0 Å². The second kappa shape index (κ2) is 16.0. The van der Waals surface area contributed by atoms with Crippen LogP contribution in [0.3, 0.4) is 0 Å². The quantitative estimate of drug-likeness (QED) is 0.152. The van der Waals surface area contributed by atoms with Crippen LogP contribution in [0.2, 0.25) is 0 Å². The fraction of sp³-hybridized carbons (Fsp3) is 0. The Morgan fingerprint density at radius 2 is 0.701 bits per heavy atom. The third-order valence-electron chi connectivity index (χ3n) is 13.3. The van der Waals surface area contributed by atoms with Crippen molar-refractivity contribution >= 4 is 71.7 Å². The van der Waals surface area contributed by atoms with Gasteiger partial charge >= 0.3 is 0 Å². The van der Waals surface area contributed by atoms with E-state index in [-0.39, 0.29) is 0 Å². The van der Waals surface area contributed by atoms with Crippen LogP contribution >= 0.6 is 0 Å². The van der Waals surface area contributed by atoms with Gasteiger partial charge in [0.15, 0.2) is 0 Å². The molecule has 13 aromatic rings. The average molecular weight is 856 g/mol. The highest BCUT2D eigenvalue weighted by atomic mass is 16.3. The maximum Gasteiger partial charge on any atom is 0.143 e. The normalized spacial score (nSPS) is 11.6. The molecule has 0 aliphatic carbocycles. The molecule has 0 saturated heterocycles. The van der Waals surface area contributed by atoms with Gasteiger partial charge in [0, 0.05) is 44.2 Å². The summed E-state index contributed by atoms with van der Waals surface area (Å²) in [5, 5.41) is 7.02. The summed E-state index contributed by atoms with van der Waals surface area (Å²) < 4.78 is 12.7. The Morgan fingerprint density at radius 1 is 0.254 bits per heavy atom. The Balaban J connectivity index is 0.838. The first-order chi connectivity index (χ1) is 33.2. The van der Waals surface area contributed by atoms with E-state index >= 15 is 0 Å². The number of fused-ring (bicyclic) bond motifs is 7. The van der Waals surface area contributed by atoms with Crippen LogP contribution in [0.1, 0.15) is 0 Å². The summed E-state index contributed by atoms with van der Waals surface area (Å²) in [6.45, 7) is 0. The Hall–Kier alpha value is -8.92. The molecule has 11 aromatic carbocycles. The first-order valence-electron chi connectivity index (χ1n) is 22.8. The van der Waals surface area contributed by atoms with Crippen molar-refractivity contribution in [1.82, 2.24) is 0 Å². The molecule has 0 spiro atoms. The van der Waals surface area contributed by atoms with Gasteiger partial charge < -0.3 is 13.7 Å². The predicted octanol–water partition coefficient (Wildman–Crippen LogP) is 18.4. The number of rotatable bonds is 8. The summed E-state index contributed by atoms with van der Waals surface area (Å²) in [6.07, 6.45) is 0. The first-order valence-corrected chi connectivity index (χ1v) is 22.8. The van der Waals surface area contributed by atoms with Crippen LogP contribution < -0.4 is 4.90 Å². The lowest BCUT2D eigenvalue weighted by atomic mass is 9.96. The van der Waals surface area contributed by atoms with E-state index in [4.69, 9.17) is 8.83 Å². The molecule has 13 rings (SSSR count). The van der Waals surface area contributed by atoms with Gasteiger partial charge in [-0.05, 0) is 128 Å². The number of benzene rings is 11. The van der Waals surface area contributed by atoms with Gasteiger partial charge in [0.25, 0.3) is 0 Å². The number of nitrogens with zero attached hydrogens (tertiary/aromatic N) is 1. The van der Waals surface area contributed by atoms with E-state index in [1.807, 2.05) is 24.3 Å². The van der Waals surface area contributed by atoms with Gasteiger partial charge in [-0.25, -0.2) is 0 Å². The summed E-state index contributed by atoms with van der Waals surface area (Å²) in [6, 6.07) is 88.9. The standard InChI is InChI=1S/C64H41NO2/c1-2-11-48-41-51(27-26-42(48)10-1)50-13-7-12-49(40-50)45-24-22-43(23-25-45)44-28-34-52(35-29-44)65(53-36-30-46(31-37-53)55-16-9-21-62-63(55)59-15-4-6-20-61(59)66-62)54-38-32-47(33-39-54)56-17-8-18-58-57-14-3-5-19-60(57)67-64(56)58/h1-41H. The van der Waals surface area contributed by atoms with Crippen molar-refractivity contribution in [3.63, 3.8) is 0 Å². The summed E-state index contributed by atoms with van der Waals surface area (Å²) >= 11 is 0. The third-order valence-corrected chi connectivity index (χ3v) is 13.3. The zero-order valence-electron chi connectivity index (χ0n) is 36.4. The van der Waals surface area contributed by atoms with Crippen molar-refractivity contribution in [2.45, 2.75) is 0 Å². The largest absolute Gasteiger partial charge is 0.456 e. The van der Waals surface area contributed by atoms with E-state index in [2.05, 4.69) is 229 Å². The molecule has 0 bridgehead atoms. The van der Waals surface area contributed by atoms with E-state index < -0.39 is 0 Å². The topological polar surface area (TPSA) is 29.5 Å². The molecule has 2 aromatic heterocycles. The molecule has 0 radical (unpaired) electrons. The summed E-state index contributed by atoms with van der Waals surface area (Å²) in [5.41, 5.74) is 18.4. The lowest BCUT2D eigenvalue weighted by molar-refractivity contribution is 0.669. The summed E-state index contributed by atoms with van der Waals surface area (Å²) in [5.74, 6) is 0. The molecular formula is C64H41NO2. The van der Waals surface area contributed by atoms with Crippen LogP contribution in [-0.4, -0.2) is 0 Å². The lowest BCUT2D eigenvalue weighted by Crippen LogP contribution is -2.09. The van der Waals surface area contributed by atoms with Gasteiger partial charge in [-0.3, -0.25) is 0 Å². The maximum absolute atomic E-state index is 6.44. The maximum atomic E-state index is 6.44. The van der Waals surface area contributed by atoms with Crippen LogP contribution in [0.15, 0.2) is 258 Å². The van der Waals surface area contributed by atoms with Crippen LogP contribution in [0.5, 0.6) is 0 Å². The fourth-order valence-electron chi connectivity index (χ4n) is 9.92. The Labute approximate surface area is 388 Å². The monoisotopic (exact) mass is 855 g/mol. The SMILES string of the molecule is c1cc(-c2ccc(-c3ccc(N(c4ccc(-c5cccc6c5oc5ccccc56)cc4)c4ccc(-c5cccc6oc7ccccc7c56)cc4)cc3)cc2)cc(-c2ccc3ccccc3c2)c1. The average Bonchev–Trinajstić information content (AvgIpc) is 3.98. The zero-order valence-corrected chi connectivity index (χ0v) is 36.4. The Bertz CT molecular complexity index is 3950. The second-order valence-electron chi connectivity index (χ2n) is 17.3. The van der Waals surface area contributed by atoms with Crippen molar-refractivity contribution in [3.05, 3.63) is 249 Å². The smallest absolute Gasteiger partial charge is 0.143 e. The van der Waals surface area contributed by atoms with Gasteiger partial charge in [0.1, 0.15) is 22.3 Å². The van der Waals surface area contributed by atoms with Gasteiger partial charge in [0.2, 0.25) is 0 Å². The van der Waals surface area contributed by atoms with E-state index in [9.17, 15) is 0 Å². The molecular weight excluding hydrogens is 815 g/mol. The highest BCUT2D eigenvalue weighted by Crippen LogP contribution is 2.42. The number of anilines is 3. The van der Waals surface area contributed by atoms with Gasteiger partial charge in [-0.15, -0.1) is 0 Å². The lowest BCUT2D eigenvalue weighted by Gasteiger charge is -2.26. The number of hydrogen-bond acceptors (Lipinski definition) is 3. The molecule has 0 aliphatic heterocycles. The summed E-state index contributed by atoms with van der Waals surface area (Å²) in [4.78, 5) is 2.33. The van der Waals surface area contributed by atoms with Crippen LogP contribution in [0.4, 0.5) is 17.1 Å². The molecule has 314 valence electrons. The molecule has 0 saturated carbocycles. The van der Waals surface area contributed by atoms with Crippen LogP contribution in [0.25, 0.3) is 110 Å². The Morgan fingerprint density at radius 3 is 1.40 bits per heavy atom. The molecule has 0 aliphatic rings. The van der Waals surface area contributed by atoms with E-state index in [0.717, 1.165) is 88.8 Å². The van der Waals surface area contributed by atoms with Crippen LogP contribution in [0, 0.1) is 0 Å². The van der Waals surface area contributed by atoms with E-state index in [1.165, 1.54) is 38.6 Å². The highest BCUT2D eigenvalue weighted by molar-refractivity contribution is 6.12. The molecule has 0 fully saturated rings. The Kier molecular flexibility index (Phi) is 9.17. The third kappa shape index (κ3) is 6.84. The second-order valence-corrected chi connectivity index (χ2v) is 17.3. The minimum atomic E-state index is 0.892. The van der Waals surface area contributed by atoms with Crippen molar-refractivity contribution in [2.75, 3.05) is 4.90 Å². The molecule has 67 heavy (non-hydrogen) atoms. The van der Waals surface area contributed by atoms with Gasteiger partial charge in [-0.2, -0.15) is 0 Å². The molecule has 3 nitrogen and oxygen atoms in total. The number of furan rings is 2. The number of para-hydroxylation sites is 3. The van der Waals surface area contributed by atoms with Crippen molar-refractivity contribution in [1.29, 1.82) is 0 Å². The molecule has 0 unspecified atom stereocenters. The number of hydrogen-bond donors (Lipinski definition) is 0. The van der Waals surface area contributed by atoms with Crippen molar-refractivity contribution < 1.29 is 8.83 Å². The first kappa shape index (κ1) is 38.5. The minimum absolute atomic E-state index is 0.892. The summed E-state index contributed by atoms with van der Waals surface area (Å²) in [7, 11) is 0. The van der Waals surface area contributed by atoms with Gasteiger partial charge in [-0.1, -0.05) is 182 Å². The van der Waals surface area contributed by atoms with Crippen LogP contribution in [-0.2, 0) is 0 Å². The minimum Gasteiger partial charge on any atom is -0.456 e. The molecule has 3 heteroatoms. The van der Waals surface area contributed by atoms with Crippen molar-refractivity contribution in [2.24, 2.45) is 0 Å².